The minimum atomic E-state index is 0.166. The van der Waals surface area contributed by atoms with Crippen molar-refractivity contribution in [1.82, 2.24) is 24.7 Å². The molecule has 8 nitrogen and oxygen atoms in total. The maximum Gasteiger partial charge on any atom is 0.323 e. The third-order valence-corrected chi connectivity index (χ3v) is 2.42. The Kier molecular flexibility index (Phi) is 3.58. The molecule has 3 N–H and O–H groups in total. The van der Waals surface area contributed by atoms with Gasteiger partial charge in [-0.15, -0.1) is 0 Å². The highest BCUT2D eigenvalue weighted by Crippen LogP contribution is 2.16. The molecular formula is C9H12ClN7O. The first kappa shape index (κ1) is 12.5. The van der Waals surface area contributed by atoms with Gasteiger partial charge in [-0.1, -0.05) is 11.6 Å². The van der Waals surface area contributed by atoms with E-state index in [9.17, 15) is 0 Å². The number of nitrogens with zero attached hydrogens (tertiary/aromatic N) is 5. The van der Waals surface area contributed by atoms with Gasteiger partial charge >= 0.3 is 6.01 Å². The molecule has 0 aliphatic heterocycles. The van der Waals surface area contributed by atoms with Gasteiger partial charge in [-0.2, -0.15) is 20.1 Å². The first-order chi connectivity index (χ1) is 8.63. The Bertz CT molecular complexity index is 536. The minimum Gasteiger partial charge on any atom is -0.464 e. The van der Waals surface area contributed by atoms with Gasteiger partial charge in [-0.25, -0.2) is 10.5 Å². The molecule has 2 aromatic heterocycles. The molecule has 18 heavy (non-hydrogen) atoms. The fourth-order valence-corrected chi connectivity index (χ4v) is 1.38. The number of nitrogens with one attached hydrogen (secondary N) is 1. The standard InChI is InChI=1S/C9H12ClN7O/c1-3-18-9-13-7(15-11)12-8(14-9)17-4-6(10)5(2)16-17/h4H,3,11H2,1-2H3,(H,12,13,14,15). The number of aryl methyl sites for hydroxylation is 1. The van der Waals surface area contributed by atoms with Crippen LogP contribution in [0, 0.1) is 6.92 Å². The summed E-state index contributed by atoms with van der Waals surface area (Å²) in [6.45, 7) is 4.05. The molecule has 96 valence electrons. The molecule has 0 bridgehead atoms. The summed E-state index contributed by atoms with van der Waals surface area (Å²) in [5.74, 6) is 5.75. The average molecular weight is 270 g/mol. The van der Waals surface area contributed by atoms with E-state index in [4.69, 9.17) is 22.2 Å². The molecule has 0 spiro atoms. The van der Waals surface area contributed by atoms with Crippen molar-refractivity contribution < 1.29 is 4.74 Å². The first-order valence-corrected chi connectivity index (χ1v) is 5.59. The number of hydrazine groups is 1. The van der Waals surface area contributed by atoms with Crippen LogP contribution < -0.4 is 16.0 Å². The van der Waals surface area contributed by atoms with Gasteiger partial charge in [-0.05, 0) is 13.8 Å². The van der Waals surface area contributed by atoms with Crippen LogP contribution in [0.1, 0.15) is 12.6 Å². The Morgan fingerprint density at radius 2 is 2.22 bits per heavy atom. The van der Waals surface area contributed by atoms with Crippen LogP contribution in [0.2, 0.25) is 5.02 Å². The highest BCUT2D eigenvalue weighted by Gasteiger charge is 2.11. The van der Waals surface area contributed by atoms with E-state index in [1.54, 1.807) is 13.1 Å². The molecule has 2 rings (SSSR count). The monoisotopic (exact) mass is 269 g/mol. The summed E-state index contributed by atoms with van der Waals surface area (Å²) in [5, 5.41) is 4.69. The number of rotatable bonds is 4. The van der Waals surface area contributed by atoms with Crippen molar-refractivity contribution >= 4 is 17.5 Å². The molecule has 2 heterocycles. The van der Waals surface area contributed by atoms with E-state index in [0.29, 0.717) is 17.3 Å². The van der Waals surface area contributed by atoms with Gasteiger partial charge < -0.3 is 4.74 Å². The predicted molar refractivity (Wildman–Crippen MR) is 65.7 cm³/mol. The van der Waals surface area contributed by atoms with Crippen molar-refractivity contribution in [3.8, 4) is 12.0 Å². The van der Waals surface area contributed by atoms with Crippen LogP contribution >= 0.6 is 11.6 Å². The minimum absolute atomic E-state index is 0.166. The number of halogens is 1. The summed E-state index contributed by atoms with van der Waals surface area (Å²) < 4.78 is 6.65. The summed E-state index contributed by atoms with van der Waals surface area (Å²) >= 11 is 5.93. The van der Waals surface area contributed by atoms with Crippen LogP contribution in [0.15, 0.2) is 6.20 Å². The fourth-order valence-electron chi connectivity index (χ4n) is 1.25. The van der Waals surface area contributed by atoms with Gasteiger partial charge in [-0.3, -0.25) is 5.43 Å². The van der Waals surface area contributed by atoms with E-state index < -0.39 is 0 Å². The molecule has 0 aromatic carbocycles. The van der Waals surface area contributed by atoms with Crippen molar-refractivity contribution in [2.24, 2.45) is 5.84 Å². The normalized spacial score (nSPS) is 10.4. The summed E-state index contributed by atoms with van der Waals surface area (Å²) in [6, 6.07) is 0.166. The molecule has 0 atom stereocenters. The quantitative estimate of drug-likeness (QED) is 0.622. The van der Waals surface area contributed by atoms with Crippen LogP contribution in [0.3, 0.4) is 0 Å². The van der Waals surface area contributed by atoms with Crippen LogP contribution in [-0.2, 0) is 0 Å². The summed E-state index contributed by atoms with van der Waals surface area (Å²) in [4.78, 5) is 12.1. The number of hydrogen-bond acceptors (Lipinski definition) is 7. The zero-order valence-electron chi connectivity index (χ0n) is 9.88. The first-order valence-electron chi connectivity index (χ1n) is 5.21. The molecule has 9 heteroatoms. The zero-order chi connectivity index (χ0) is 13.1. The fraction of sp³-hybridized carbons (Fsp3) is 0.333. The van der Waals surface area contributed by atoms with E-state index in [1.165, 1.54) is 4.68 Å². The molecule has 2 aromatic rings. The van der Waals surface area contributed by atoms with Gasteiger partial charge in [0.25, 0.3) is 5.95 Å². The smallest absolute Gasteiger partial charge is 0.323 e. The third kappa shape index (κ3) is 2.49. The number of aromatic nitrogens is 5. The molecule has 0 aliphatic rings. The van der Waals surface area contributed by atoms with Gasteiger partial charge in [0.15, 0.2) is 0 Å². The number of ether oxygens (including phenoxy) is 1. The molecule has 0 fully saturated rings. The highest BCUT2D eigenvalue weighted by molar-refractivity contribution is 6.31. The second-order valence-electron chi connectivity index (χ2n) is 3.33. The zero-order valence-corrected chi connectivity index (χ0v) is 10.6. The largest absolute Gasteiger partial charge is 0.464 e. The van der Waals surface area contributed by atoms with Crippen LogP contribution in [-0.4, -0.2) is 31.3 Å². The third-order valence-electron chi connectivity index (χ3n) is 2.05. The van der Waals surface area contributed by atoms with Gasteiger partial charge in [0.1, 0.15) is 0 Å². The Balaban J connectivity index is 2.45. The van der Waals surface area contributed by atoms with Crippen molar-refractivity contribution in [3.63, 3.8) is 0 Å². The van der Waals surface area contributed by atoms with E-state index in [-0.39, 0.29) is 17.9 Å². The Labute approximate surface area is 108 Å². The van der Waals surface area contributed by atoms with Crippen molar-refractivity contribution in [1.29, 1.82) is 0 Å². The lowest BCUT2D eigenvalue weighted by molar-refractivity contribution is 0.311. The Morgan fingerprint density at radius 1 is 1.44 bits per heavy atom. The van der Waals surface area contributed by atoms with Crippen LogP contribution in [0.25, 0.3) is 5.95 Å². The lowest BCUT2D eigenvalue weighted by Crippen LogP contribution is -2.15. The number of anilines is 1. The number of nitrogens with two attached hydrogens (primary N) is 1. The molecule has 0 saturated heterocycles. The Hall–Kier alpha value is -1.93. The van der Waals surface area contributed by atoms with E-state index >= 15 is 0 Å². The molecular weight excluding hydrogens is 258 g/mol. The average Bonchev–Trinajstić information content (AvgIpc) is 2.70. The highest BCUT2D eigenvalue weighted by atomic mass is 35.5. The van der Waals surface area contributed by atoms with Crippen molar-refractivity contribution in [2.45, 2.75) is 13.8 Å². The lowest BCUT2D eigenvalue weighted by atomic mass is 10.5. The maximum atomic E-state index is 5.93. The van der Waals surface area contributed by atoms with Crippen molar-refractivity contribution in [3.05, 3.63) is 16.9 Å². The van der Waals surface area contributed by atoms with Gasteiger partial charge in [0.05, 0.1) is 23.5 Å². The maximum absolute atomic E-state index is 5.93. The van der Waals surface area contributed by atoms with Gasteiger partial charge in [0.2, 0.25) is 5.95 Å². The molecule has 0 aliphatic carbocycles. The Morgan fingerprint density at radius 3 is 2.78 bits per heavy atom. The van der Waals surface area contributed by atoms with E-state index in [2.05, 4.69) is 25.5 Å². The second-order valence-corrected chi connectivity index (χ2v) is 3.73. The van der Waals surface area contributed by atoms with Crippen LogP contribution in [0.4, 0.5) is 5.95 Å². The van der Waals surface area contributed by atoms with Crippen LogP contribution in [0.5, 0.6) is 6.01 Å². The predicted octanol–water partition coefficient (Wildman–Crippen LogP) is 0.703. The molecule has 0 amide bonds. The summed E-state index contributed by atoms with van der Waals surface area (Å²) in [6.07, 6.45) is 1.60. The SMILES string of the molecule is CCOc1nc(NN)nc(-n2cc(Cl)c(C)n2)n1. The number of nitrogen functional groups attached to an aromatic ring is 1. The van der Waals surface area contributed by atoms with E-state index in [0.717, 1.165) is 0 Å². The topological polar surface area (TPSA) is 104 Å². The van der Waals surface area contributed by atoms with Gasteiger partial charge in [0, 0.05) is 0 Å². The summed E-state index contributed by atoms with van der Waals surface area (Å²) in [7, 11) is 0. The second kappa shape index (κ2) is 5.15. The molecule has 0 saturated carbocycles. The molecule has 0 radical (unpaired) electrons. The lowest BCUT2D eigenvalue weighted by Gasteiger charge is -2.06. The van der Waals surface area contributed by atoms with Crippen molar-refractivity contribution in [2.75, 3.05) is 12.0 Å². The summed E-state index contributed by atoms with van der Waals surface area (Å²) in [5.41, 5.74) is 3.02. The number of hydrogen-bond donors (Lipinski definition) is 2. The van der Waals surface area contributed by atoms with E-state index in [1.807, 2.05) is 6.92 Å². The molecule has 0 unspecified atom stereocenters.